The normalized spacial score (nSPS) is 10.5. The molecule has 21 heavy (non-hydrogen) atoms. The van der Waals surface area contributed by atoms with Gasteiger partial charge in [0.2, 0.25) is 5.91 Å². The van der Waals surface area contributed by atoms with E-state index in [0.29, 0.717) is 6.42 Å². The number of aliphatic hydroxyl groups excluding tert-OH is 1. The van der Waals surface area contributed by atoms with Gasteiger partial charge in [-0.1, -0.05) is 34.1 Å². The molecule has 0 radical (unpaired) electrons. The van der Waals surface area contributed by atoms with Crippen LogP contribution >= 0.6 is 15.9 Å². The first kappa shape index (κ1) is 15.7. The number of aliphatic hydroxyl groups is 1. The van der Waals surface area contributed by atoms with Crippen molar-refractivity contribution < 1.29 is 9.90 Å². The lowest BCUT2D eigenvalue weighted by molar-refractivity contribution is -0.115. The molecule has 2 aromatic carbocycles. The highest BCUT2D eigenvalue weighted by Gasteiger charge is 2.09. The number of amides is 1. The predicted octanol–water partition coefficient (Wildman–Crippen LogP) is 3.74. The SMILES string of the molecule is Cc1cc(Br)ccc1CC(=O)Nc1cc(CO)ccc1C. The molecule has 0 aromatic heterocycles. The summed E-state index contributed by atoms with van der Waals surface area (Å²) in [5, 5.41) is 12.1. The molecule has 0 unspecified atom stereocenters. The number of hydrogen-bond donors (Lipinski definition) is 2. The minimum absolute atomic E-state index is 0.0328. The van der Waals surface area contributed by atoms with E-state index >= 15 is 0 Å². The number of nitrogens with one attached hydrogen (secondary N) is 1. The average Bonchev–Trinajstić information content (AvgIpc) is 2.44. The summed E-state index contributed by atoms with van der Waals surface area (Å²) in [7, 11) is 0. The summed E-state index contributed by atoms with van der Waals surface area (Å²) in [6.45, 7) is 3.89. The van der Waals surface area contributed by atoms with Crippen molar-refractivity contribution >= 4 is 27.5 Å². The summed E-state index contributed by atoms with van der Waals surface area (Å²) in [6, 6.07) is 11.4. The Hall–Kier alpha value is -1.65. The maximum Gasteiger partial charge on any atom is 0.228 e. The Labute approximate surface area is 133 Å². The number of carbonyl (C=O) groups excluding carboxylic acids is 1. The molecule has 4 heteroatoms. The lowest BCUT2D eigenvalue weighted by Crippen LogP contribution is -2.16. The highest BCUT2D eigenvalue weighted by Crippen LogP contribution is 2.19. The molecule has 3 nitrogen and oxygen atoms in total. The molecule has 0 fully saturated rings. The Morgan fingerprint density at radius 1 is 1.14 bits per heavy atom. The van der Waals surface area contributed by atoms with E-state index in [1.807, 2.05) is 50.2 Å². The zero-order chi connectivity index (χ0) is 15.4. The van der Waals surface area contributed by atoms with Crippen LogP contribution in [-0.2, 0) is 17.8 Å². The van der Waals surface area contributed by atoms with Gasteiger partial charge in [-0.15, -0.1) is 0 Å². The molecule has 2 N–H and O–H groups in total. The van der Waals surface area contributed by atoms with Gasteiger partial charge in [0.25, 0.3) is 0 Å². The van der Waals surface area contributed by atoms with Crippen molar-refractivity contribution in [3.8, 4) is 0 Å². The van der Waals surface area contributed by atoms with Gasteiger partial charge >= 0.3 is 0 Å². The van der Waals surface area contributed by atoms with Crippen molar-refractivity contribution in [2.45, 2.75) is 26.9 Å². The first-order valence-corrected chi connectivity index (χ1v) is 7.54. The predicted molar refractivity (Wildman–Crippen MR) is 88.3 cm³/mol. The molecule has 0 atom stereocenters. The van der Waals surface area contributed by atoms with Gasteiger partial charge in [0.1, 0.15) is 0 Å². The fourth-order valence-electron chi connectivity index (χ4n) is 2.13. The van der Waals surface area contributed by atoms with Crippen molar-refractivity contribution in [1.82, 2.24) is 0 Å². The second kappa shape index (κ2) is 6.87. The van der Waals surface area contributed by atoms with Crippen LogP contribution in [0, 0.1) is 13.8 Å². The third-order valence-electron chi connectivity index (χ3n) is 3.41. The van der Waals surface area contributed by atoms with Gasteiger partial charge in [0.05, 0.1) is 13.0 Å². The van der Waals surface area contributed by atoms with E-state index in [4.69, 9.17) is 5.11 Å². The molecule has 2 aromatic rings. The fourth-order valence-corrected chi connectivity index (χ4v) is 2.60. The zero-order valence-corrected chi connectivity index (χ0v) is 13.7. The van der Waals surface area contributed by atoms with Gasteiger partial charge in [-0.3, -0.25) is 4.79 Å². The molecule has 0 aliphatic rings. The van der Waals surface area contributed by atoms with Gasteiger partial charge in [-0.25, -0.2) is 0 Å². The van der Waals surface area contributed by atoms with E-state index in [2.05, 4.69) is 21.2 Å². The number of benzene rings is 2. The van der Waals surface area contributed by atoms with Gasteiger partial charge < -0.3 is 10.4 Å². The topological polar surface area (TPSA) is 49.3 Å². The van der Waals surface area contributed by atoms with Crippen LogP contribution < -0.4 is 5.32 Å². The van der Waals surface area contributed by atoms with Crippen LogP contribution in [0.25, 0.3) is 0 Å². The lowest BCUT2D eigenvalue weighted by atomic mass is 10.1. The number of hydrogen-bond acceptors (Lipinski definition) is 2. The van der Waals surface area contributed by atoms with E-state index < -0.39 is 0 Å². The Morgan fingerprint density at radius 3 is 2.57 bits per heavy atom. The number of carbonyl (C=O) groups is 1. The number of aryl methyl sites for hydroxylation is 2. The van der Waals surface area contributed by atoms with E-state index in [-0.39, 0.29) is 12.5 Å². The summed E-state index contributed by atoms with van der Waals surface area (Å²) in [4.78, 5) is 12.2. The van der Waals surface area contributed by atoms with Crippen molar-refractivity contribution in [2.24, 2.45) is 0 Å². The van der Waals surface area contributed by atoms with Crippen molar-refractivity contribution in [1.29, 1.82) is 0 Å². The van der Waals surface area contributed by atoms with Crippen LogP contribution in [-0.4, -0.2) is 11.0 Å². The van der Waals surface area contributed by atoms with E-state index in [9.17, 15) is 4.79 Å². The molecule has 110 valence electrons. The summed E-state index contributed by atoms with van der Waals surface area (Å²) >= 11 is 3.42. The van der Waals surface area contributed by atoms with Gasteiger partial charge in [0, 0.05) is 10.2 Å². The zero-order valence-electron chi connectivity index (χ0n) is 12.1. The fraction of sp³-hybridized carbons (Fsp3) is 0.235. The standard InChI is InChI=1S/C17H18BrNO2/c1-11-3-4-13(10-20)8-16(11)19-17(21)9-14-5-6-15(18)7-12(14)2/h3-8,20H,9-10H2,1-2H3,(H,19,21). The van der Waals surface area contributed by atoms with Crippen LogP contribution in [0.3, 0.4) is 0 Å². The van der Waals surface area contributed by atoms with Crippen LogP contribution in [0.4, 0.5) is 5.69 Å². The van der Waals surface area contributed by atoms with Gasteiger partial charge in [-0.2, -0.15) is 0 Å². The molecular weight excluding hydrogens is 330 g/mol. The largest absolute Gasteiger partial charge is 0.392 e. The molecule has 1 amide bonds. The van der Waals surface area contributed by atoms with Crippen molar-refractivity contribution in [2.75, 3.05) is 5.32 Å². The number of anilines is 1. The second-order valence-corrected chi connectivity index (χ2v) is 6.02. The minimum atomic E-state index is -0.0568. The van der Waals surface area contributed by atoms with Crippen molar-refractivity contribution in [3.05, 3.63) is 63.1 Å². The van der Waals surface area contributed by atoms with Crippen LogP contribution in [0.1, 0.15) is 22.3 Å². The second-order valence-electron chi connectivity index (χ2n) is 5.10. The summed E-state index contributed by atoms with van der Waals surface area (Å²) in [6.07, 6.45) is 0.335. The van der Waals surface area contributed by atoms with Crippen molar-refractivity contribution in [3.63, 3.8) is 0 Å². The minimum Gasteiger partial charge on any atom is -0.392 e. The molecule has 0 bridgehead atoms. The Kier molecular flexibility index (Phi) is 5.15. The highest BCUT2D eigenvalue weighted by atomic mass is 79.9. The molecule has 0 aliphatic carbocycles. The first-order valence-electron chi connectivity index (χ1n) is 6.75. The Bertz CT molecular complexity index is 668. The summed E-state index contributed by atoms with van der Waals surface area (Å²) < 4.78 is 1.01. The molecule has 2 rings (SSSR count). The van der Waals surface area contributed by atoms with Crippen LogP contribution in [0.2, 0.25) is 0 Å². The number of rotatable bonds is 4. The van der Waals surface area contributed by atoms with E-state index in [1.165, 1.54) is 0 Å². The molecule has 0 saturated carbocycles. The average molecular weight is 348 g/mol. The quantitative estimate of drug-likeness (QED) is 0.884. The Morgan fingerprint density at radius 2 is 1.90 bits per heavy atom. The monoisotopic (exact) mass is 347 g/mol. The third-order valence-corrected chi connectivity index (χ3v) is 3.91. The Balaban J connectivity index is 2.11. The van der Waals surface area contributed by atoms with Gasteiger partial charge in [0.15, 0.2) is 0 Å². The molecule has 0 saturated heterocycles. The first-order chi connectivity index (χ1) is 9.99. The molecule has 0 heterocycles. The molecular formula is C17H18BrNO2. The summed E-state index contributed by atoms with van der Waals surface area (Å²) in [5.41, 5.74) is 4.61. The lowest BCUT2D eigenvalue weighted by Gasteiger charge is -2.11. The number of halogens is 1. The van der Waals surface area contributed by atoms with E-state index in [1.54, 1.807) is 0 Å². The molecule has 0 aliphatic heterocycles. The maximum absolute atomic E-state index is 12.2. The van der Waals surface area contributed by atoms with Gasteiger partial charge in [-0.05, 0) is 54.3 Å². The maximum atomic E-state index is 12.2. The summed E-state index contributed by atoms with van der Waals surface area (Å²) in [5.74, 6) is -0.0568. The third kappa shape index (κ3) is 4.16. The highest BCUT2D eigenvalue weighted by molar-refractivity contribution is 9.10. The molecule has 0 spiro atoms. The smallest absolute Gasteiger partial charge is 0.228 e. The van der Waals surface area contributed by atoms with E-state index in [0.717, 1.165) is 32.4 Å². The van der Waals surface area contributed by atoms with Crippen LogP contribution in [0.5, 0.6) is 0 Å². The van der Waals surface area contributed by atoms with Crippen LogP contribution in [0.15, 0.2) is 40.9 Å².